The van der Waals surface area contributed by atoms with Gasteiger partial charge in [-0.05, 0) is 53.4 Å². The van der Waals surface area contributed by atoms with Gasteiger partial charge in [0.05, 0.1) is 3.79 Å². The lowest BCUT2D eigenvalue weighted by Gasteiger charge is -2.37. The van der Waals surface area contributed by atoms with E-state index in [1.807, 2.05) is 11.3 Å². The molecule has 2 atom stereocenters. The molecule has 2 nitrogen and oxygen atoms in total. The largest absolute Gasteiger partial charge is 0.329 e. The fourth-order valence-corrected chi connectivity index (χ4v) is 3.90. The molecule has 0 aromatic carbocycles. The Morgan fingerprint density at radius 1 is 1.53 bits per heavy atom. The second kappa shape index (κ2) is 7.10. The number of thiophene rings is 1. The number of rotatable bonds is 3. The number of nitrogens with two attached hydrogens (primary N) is 1. The molecule has 2 N–H and O–H groups in total. The number of piperidine rings is 1. The van der Waals surface area contributed by atoms with Crippen LogP contribution in [-0.4, -0.2) is 24.0 Å². The van der Waals surface area contributed by atoms with Gasteiger partial charge in [0, 0.05) is 24.0 Å². The zero-order valence-electron chi connectivity index (χ0n) is 10.1. The SMILES string of the molecule is CC1CCN(Cc2ccc(Br)s2)C(CN)C1.Cl. The van der Waals surface area contributed by atoms with Crippen molar-refractivity contribution >= 4 is 39.7 Å². The fourth-order valence-electron chi connectivity index (χ4n) is 2.39. The summed E-state index contributed by atoms with van der Waals surface area (Å²) in [4.78, 5) is 3.97. The Labute approximate surface area is 122 Å². The van der Waals surface area contributed by atoms with E-state index in [2.05, 4.69) is 39.9 Å². The molecule has 5 heteroatoms. The molecule has 17 heavy (non-hydrogen) atoms. The van der Waals surface area contributed by atoms with Gasteiger partial charge in [-0.2, -0.15) is 0 Å². The van der Waals surface area contributed by atoms with Crippen LogP contribution >= 0.6 is 39.7 Å². The Morgan fingerprint density at radius 3 is 2.88 bits per heavy atom. The first-order valence-corrected chi connectivity index (χ1v) is 7.48. The van der Waals surface area contributed by atoms with E-state index in [1.54, 1.807) is 0 Å². The number of hydrogen-bond donors (Lipinski definition) is 1. The first kappa shape index (κ1) is 15.4. The van der Waals surface area contributed by atoms with Crippen molar-refractivity contribution in [1.29, 1.82) is 0 Å². The van der Waals surface area contributed by atoms with Gasteiger partial charge >= 0.3 is 0 Å². The van der Waals surface area contributed by atoms with Gasteiger partial charge in [0.1, 0.15) is 0 Å². The first-order chi connectivity index (χ1) is 7.69. The smallest absolute Gasteiger partial charge is 0.0701 e. The normalized spacial score (nSPS) is 25.6. The lowest BCUT2D eigenvalue weighted by atomic mass is 9.92. The molecule has 98 valence electrons. The van der Waals surface area contributed by atoms with Crippen LogP contribution < -0.4 is 5.73 Å². The molecule has 0 saturated carbocycles. The van der Waals surface area contributed by atoms with Crippen LogP contribution in [0.15, 0.2) is 15.9 Å². The highest BCUT2D eigenvalue weighted by molar-refractivity contribution is 9.11. The van der Waals surface area contributed by atoms with Gasteiger partial charge in [-0.25, -0.2) is 0 Å². The van der Waals surface area contributed by atoms with E-state index >= 15 is 0 Å². The van der Waals surface area contributed by atoms with Crippen LogP contribution in [0.4, 0.5) is 0 Å². The third-order valence-corrected chi connectivity index (χ3v) is 4.97. The van der Waals surface area contributed by atoms with Crippen molar-refractivity contribution < 1.29 is 0 Å². The van der Waals surface area contributed by atoms with Crippen LogP contribution in [0.3, 0.4) is 0 Å². The van der Waals surface area contributed by atoms with E-state index in [9.17, 15) is 0 Å². The number of nitrogens with zero attached hydrogens (tertiary/aromatic N) is 1. The standard InChI is InChI=1S/C12H19BrN2S.ClH/c1-9-4-5-15(10(6-9)7-14)8-11-2-3-12(13)16-11;/h2-3,9-10H,4-8,14H2,1H3;1H. The van der Waals surface area contributed by atoms with E-state index in [4.69, 9.17) is 5.73 Å². The van der Waals surface area contributed by atoms with E-state index in [1.165, 1.54) is 28.0 Å². The van der Waals surface area contributed by atoms with Crippen molar-refractivity contribution in [3.63, 3.8) is 0 Å². The van der Waals surface area contributed by atoms with Gasteiger partial charge in [0.25, 0.3) is 0 Å². The molecule has 0 spiro atoms. The van der Waals surface area contributed by atoms with Crippen molar-refractivity contribution in [2.24, 2.45) is 11.7 Å². The summed E-state index contributed by atoms with van der Waals surface area (Å²) in [6.45, 7) is 5.38. The molecule has 2 heterocycles. The van der Waals surface area contributed by atoms with Crippen molar-refractivity contribution in [3.05, 3.63) is 20.8 Å². The topological polar surface area (TPSA) is 29.3 Å². The second-order valence-electron chi connectivity index (χ2n) is 4.70. The fraction of sp³-hybridized carbons (Fsp3) is 0.667. The summed E-state index contributed by atoms with van der Waals surface area (Å²) < 4.78 is 1.22. The minimum Gasteiger partial charge on any atom is -0.329 e. The molecule has 2 rings (SSSR count). The van der Waals surface area contributed by atoms with E-state index in [0.717, 1.165) is 19.0 Å². The maximum absolute atomic E-state index is 5.87. The van der Waals surface area contributed by atoms with Gasteiger partial charge in [-0.3, -0.25) is 4.90 Å². The molecular weight excluding hydrogens is 320 g/mol. The van der Waals surface area contributed by atoms with Crippen molar-refractivity contribution in [2.75, 3.05) is 13.1 Å². The predicted molar refractivity (Wildman–Crippen MR) is 80.9 cm³/mol. The number of likely N-dealkylation sites (tertiary alicyclic amines) is 1. The molecular formula is C12H20BrClN2S. The Balaban J connectivity index is 0.00000144. The second-order valence-corrected chi connectivity index (χ2v) is 7.24. The zero-order chi connectivity index (χ0) is 11.5. The van der Waals surface area contributed by atoms with Crippen molar-refractivity contribution in [3.8, 4) is 0 Å². The lowest BCUT2D eigenvalue weighted by molar-refractivity contribution is 0.116. The van der Waals surface area contributed by atoms with Crippen LogP contribution in [0.1, 0.15) is 24.6 Å². The summed E-state index contributed by atoms with van der Waals surface area (Å²) >= 11 is 5.34. The Bertz CT molecular complexity index is 345. The summed E-state index contributed by atoms with van der Waals surface area (Å²) in [6.07, 6.45) is 2.56. The van der Waals surface area contributed by atoms with Crippen LogP contribution in [0.25, 0.3) is 0 Å². The monoisotopic (exact) mass is 338 g/mol. The molecule has 1 aliphatic heterocycles. The quantitative estimate of drug-likeness (QED) is 0.913. The van der Waals surface area contributed by atoms with Crippen molar-refractivity contribution in [2.45, 2.75) is 32.4 Å². The van der Waals surface area contributed by atoms with Crippen LogP contribution in [0.2, 0.25) is 0 Å². The molecule has 0 amide bonds. The van der Waals surface area contributed by atoms with Gasteiger partial charge in [0.15, 0.2) is 0 Å². The Kier molecular flexibility index (Phi) is 6.45. The minimum absolute atomic E-state index is 0. The highest BCUT2D eigenvalue weighted by Gasteiger charge is 2.25. The summed E-state index contributed by atoms with van der Waals surface area (Å²) in [6, 6.07) is 4.91. The maximum atomic E-state index is 5.87. The zero-order valence-corrected chi connectivity index (χ0v) is 13.3. The Hall–Kier alpha value is 0.390. The van der Waals surface area contributed by atoms with Gasteiger partial charge in [-0.1, -0.05) is 6.92 Å². The lowest BCUT2D eigenvalue weighted by Crippen LogP contribution is -2.45. The molecule has 1 saturated heterocycles. The maximum Gasteiger partial charge on any atom is 0.0701 e. The van der Waals surface area contributed by atoms with Gasteiger partial charge in [0.2, 0.25) is 0 Å². The van der Waals surface area contributed by atoms with Crippen LogP contribution in [0.5, 0.6) is 0 Å². The Morgan fingerprint density at radius 2 is 2.29 bits per heavy atom. The van der Waals surface area contributed by atoms with Crippen molar-refractivity contribution in [1.82, 2.24) is 4.90 Å². The molecule has 0 aliphatic carbocycles. The third-order valence-electron chi connectivity index (χ3n) is 3.36. The molecule has 1 aromatic heterocycles. The van der Waals surface area contributed by atoms with E-state index < -0.39 is 0 Å². The molecule has 1 fully saturated rings. The van der Waals surface area contributed by atoms with Crippen LogP contribution in [0, 0.1) is 5.92 Å². The summed E-state index contributed by atoms with van der Waals surface area (Å²) in [7, 11) is 0. The van der Waals surface area contributed by atoms with Crippen LogP contribution in [-0.2, 0) is 6.54 Å². The first-order valence-electron chi connectivity index (χ1n) is 5.87. The highest BCUT2D eigenvalue weighted by atomic mass is 79.9. The third kappa shape index (κ3) is 4.21. The molecule has 1 aromatic rings. The van der Waals surface area contributed by atoms with E-state index in [-0.39, 0.29) is 12.4 Å². The molecule has 0 bridgehead atoms. The predicted octanol–water partition coefficient (Wildman–Crippen LogP) is 3.49. The molecule has 0 radical (unpaired) electrons. The summed E-state index contributed by atoms with van der Waals surface area (Å²) in [5.74, 6) is 0.833. The average Bonchev–Trinajstić information content (AvgIpc) is 2.67. The van der Waals surface area contributed by atoms with Gasteiger partial charge < -0.3 is 5.73 Å². The number of hydrogen-bond acceptors (Lipinski definition) is 3. The summed E-state index contributed by atoms with van der Waals surface area (Å²) in [5.41, 5.74) is 5.87. The minimum atomic E-state index is 0. The number of halogens is 2. The average molecular weight is 340 g/mol. The highest BCUT2D eigenvalue weighted by Crippen LogP contribution is 2.27. The van der Waals surface area contributed by atoms with E-state index in [0.29, 0.717) is 6.04 Å². The van der Waals surface area contributed by atoms with Gasteiger partial charge in [-0.15, -0.1) is 23.7 Å². The molecule has 1 aliphatic rings. The molecule has 2 unspecified atom stereocenters. The summed E-state index contributed by atoms with van der Waals surface area (Å²) in [5, 5.41) is 0.